The summed E-state index contributed by atoms with van der Waals surface area (Å²) < 4.78 is 27.7. The second kappa shape index (κ2) is 6.27. The number of aliphatic hydroxyl groups is 1. The van der Waals surface area contributed by atoms with E-state index in [0.29, 0.717) is 6.54 Å². The lowest BCUT2D eigenvalue weighted by molar-refractivity contribution is 0.148. The van der Waals surface area contributed by atoms with E-state index in [9.17, 15) is 13.5 Å². The summed E-state index contributed by atoms with van der Waals surface area (Å²) in [6.45, 7) is 0.624. The lowest BCUT2D eigenvalue weighted by Gasteiger charge is -2.35. The third kappa shape index (κ3) is 3.32. The molecule has 1 aromatic rings. The monoisotopic (exact) mass is 305 g/mol. The van der Waals surface area contributed by atoms with Gasteiger partial charge in [0.2, 0.25) is 0 Å². The first kappa shape index (κ1) is 14.9. The van der Waals surface area contributed by atoms with Gasteiger partial charge in [0, 0.05) is 25.0 Å². The molecule has 0 radical (unpaired) electrons. The van der Waals surface area contributed by atoms with Crippen LogP contribution >= 0.6 is 11.3 Å². The molecule has 1 saturated heterocycles. The van der Waals surface area contributed by atoms with Gasteiger partial charge in [-0.2, -0.15) is 17.0 Å². The molecule has 19 heavy (non-hydrogen) atoms. The molecule has 1 aromatic heterocycles. The Bertz CT molecular complexity index is 489. The highest BCUT2D eigenvalue weighted by atomic mass is 32.2. The van der Waals surface area contributed by atoms with E-state index in [1.165, 1.54) is 19.9 Å². The van der Waals surface area contributed by atoms with Crippen LogP contribution in [0.4, 0.5) is 0 Å². The van der Waals surface area contributed by atoms with E-state index in [2.05, 4.69) is 4.98 Å². The molecule has 8 heteroatoms. The average Bonchev–Trinajstić information content (AvgIpc) is 2.91. The zero-order chi connectivity index (χ0) is 13.9. The van der Waals surface area contributed by atoms with Crippen molar-refractivity contribution in [2.24, 2.45) is 0 Å². The summed E-state index contributed by atoms with van der Waals surface area (Å²) in [5.74, 6) is 0. The van der Waals surface area contributed by atoms with E-state index in [1.54, 1.807) is 12.6 Å². The minimum atomic E-state index is -3.53. The molecule has 0 aliphatic carbocycles. The topological polar surface area (TPSA) is 73.7 Å². The highest BCUT2D eigenvalue weighted by Gasteiger charge is 2.34. The predicted octanol–water partition coefficient (Wildman–Crippen LogP) is 0.667. The summed E-state index contributed by atoms with van der Waals surface area (Å²) >= 11 is 1.45. The summed E-state index contributed by atoms with van der Waals surface area (Å²) in [5, 5.41) is 11.2. The average molecular weight is 305 g/mol. The highest BCUT2D eigenvalue weighted by Crippen LogP contribution is 2.22. The second-order valence-corrected chi connectivity index (χ2v) is 7.39. The summed E-state index contributed by atoms with van der Waals surface area (Å²) in [6.07, 6.45) is 2.54. The summed E-state index contributed by atoms with van der Waals surface area (Å²) in [6, 6.07) is -0.295. The van der Waals surface area contributed by atoms with Crippen molar-refractivity contribution in [3.63, 3.8) is 0 Å². The smallest absolute Gasteiger partial charge is 0.282 e. The number of nitrogens with zero attached hydrogens (tertiary/aromatic N) is 3. The van der Waals surface area contributed by atoms with Crippen molar-refractivity contribution in [1.29, 1.82) is 0 Å². The number of aromatic nitrogens is 1. The molecule has 0 saturated carbocycles. The van der Waals surface area contributed by atoms with E-state index in [-0.39, 0.29) is 19.2 Å². The molecular formula is C11H19N3O3S2. The molecule has 2 rings (SSSR count). The molecule has 0 spiro atoms. The molecule has 1 atom stereocenters. The Labute approximate surface area is 117 Å². The fourth-order valence-electron chi connectivity index (χ4n) is 2.26. The molecule has 0 aromatic carbocycles. The van der Waals surface area contributed by atoms with Gasteiger partial charge in [0.1, 0.15) is 0 Å². The van der Waals surface area contributed by atoms with Crippen LogP contribution in [-0.4, -0.2) is 53.4 Å². The van der Waals surface area contributed by atoms with Crippen LogP contribution in [0.2, 0.25) is 0 Å². The Morgan fingerprint density at radius 3 is 3.00 bits per heavy atom. The Morgan fingerprint density at radius 1 is 1.58 bits per heavy atom. The van der Waals surface area contributed by atoms with Crippen LogP contribution in [0.25, 0.3) is 0 Å². The maximum Gasteiger partial charge on any atom is 0.282 e. The molecule has 1 N–H and O–H groups in total. The van der Waals surface area contributed by atoms with E-state index in [1.807, 2.05) is 5.38 Å². The van der Waals surface area contributed by atoms with Gasteiger partial charge >= 0.3 is 0 Å². The van der Waals surface area contributed by atoms with Gasteiger partial charge in [-0.15, -0.1) is 11.3 Å². The first-order valence-corrected chi connectivity index (χ1v) is 8.60. The molecule has 108 valence electrons. The van der Waals surface area contributed by atoms with Gasteiger partial charge in [0.05, 0.1) is 24.4 Å². The van der Waals surface area contributed by atoms with Crippen LogP contribution in [0.1, 0.15) is 25.0 Å². The van der Waals surface area contributed by atoms with Gasteiger partial charge in [-0.3, -0.25) is 0 Å². The van der Waals surface area contributed by atoms with Crippen molar-refractivity contribution >= 4 is 21.5 Å². The van der Waals surface area contributed by atoms with E-state index < -0.39 is 10.2 Å². The number of rotatable bonds is 5. The maximum atomic E-state index is 12.5. The number of piperidine rings is 1. The molecular weight excluding hydrogens is 286 g/mol. The predicted molar refractivity (Wildman–Crippen MR) is 73.9 cm³/mol. The lowest BCUT2D eigenvalue weighted by Crippen LogP contribution is -2.50. The van der Waals surface area contributed by atoms with Crippen LogP contribution in [0.5, 0.6) is 0 Å². The van der Waals surface area contributed by atoms with Gasteiger partial charge in [-0.1, -0.05) is 6.42 Å². The quantitative estimate of drug-likeness (QED) is 0.867. The number of thiazole rings is 1. The van der Waals surface area contributed by atoms with Crippen LogP contribution < -0.4 is 0 Å². The van der Waals surface area contributed by atoms with Gasteiger partial charge in [-0.25, -0.2) is 4.98 Å². The molecule has 6 nitrogen and oxygen atoms in total. The van der Waals surface area contributed by atoms with Gasteiger partial charge in [0.25, 0.3) is 10.2 Å². The number of hydrogen-bond acceptors (Lipinski definition) is 5. The van der Waals surface area contributed by atoms with Crippen molar-refractivity contribution in [2.45, 2.75) is 31.8 Å². The van der Waals surface area contributed by atoms with Crippen LogP contribution in [-0.2, 0) is 16.8 Å². The third-order valence-corrected chi connectivity index (χ3v) is 5.97. The Kier molecular flexibility index (Phi) is 4.91. The lowest BCUT2D eigenvalue weighted by atomic mass is 10.1. The van der Waals surface area contributed by atoms with E-state index >= 15 is 0 Å². The molecule has 1 aliphatic heterocycles. The first-order chi connectivity index (χ1) is 9.05. The van der Waals surface area contributed by atoms with Crippen molar-refractivity contribution in [3.05, 3.63) is 16.6 Å². The van der Waals surface area contributed by atoms with Gasteiger partial charge < -0.3 is 5.11 Å². The molecule has 0 bridgehead atoms. The minimum Gasteiger partial charge on any atom is -0.395 e. The zero-order valence-electron chi connectivity index (χ0n) is 10.9. The normalized spacial score (nSPS) is 21.9. The Morgan fingerprint density at radius 2 is 2.37 bits per heavy atom. The van der Waals surface area contributed by atoms with Crippen LogP contribution in [0.15, 0.2) is 10.9 Å². The van der Waals surface area contributed by atoms with Crippen molar-refractivity contribution < 1.29 is 13.5 Å². The van der Waals surface area contributed by atoms with E-state index in [0.717, 1.165) is 25.0 Å². The van der Waals surface area contributed by atoms with Crippen molar-refractivity contribution in [2.75, 3.05) is 20.2 Å². The summed E-state index contributed by atoms with van der Waals surface area (Å²) in [7, 11) is -1.97. The highest BCUT2D eigenvalue weighted by molar-refractivity contribution is 7.86. The fraction of sp³-hybridized carbons (Fsp3) is 0.727. The van der Waals surface area contributed by atoms with Gasteiger partial charge in [-0.05, 0) is 12.8 Å². The number of hydrogen-bond donors (Lipinski definition) is 1. The third-order valence-electron chi connectivity index (χ3n) is 3.34. The molecule has 2 heterocycles. The van der Waals surface area contributed by atoms with E-state index in [4.69, 9.17) is 0 Å². The standard InChI is InChI=1S/C11H19N3O3S2/c1-13(6-10-8-18-9-12-10)19(16,17)14-5-3-2-4-11(14)7-15/h8-9,11,15H,2-7H2,1H3. The van der Waals surface area contributed by atoms with Crippen LogP contribution in [0.3, 0.4) is 0 Å². The Hall–Kier alpha value is -0.540. The SMILES string of the molecule is CN(Cc1cscn1)S(=O)(=O)N1CCCCC1CO. The van der Waals surface area contributed by atoms with Gasteiger partial charge in [0.15, 0.2) is 0 Å². The Balaban J connectivity index is 2.11. The van der Waals surface area contributed by atoms with Crippen molar-refractivity contribution in [1.82, 2.24) is 13.6 Å². The zero-order valence-corrected chi connectivity index (χ0v) is 12.5. The summed E-state index contributed by atoms with van der Waals surface area (Å²) in [4.78, 5) is 4.10. The fourth-order valence-corrected chi connectivity index (χ4v) is 4.38. The summed E-state index contributed by atoms with van der Waals surface area (Å²) in [5.41, 5.74) is 2.43. The first-order valence-electron chi connectivity index (χ1n) is 6.26. The minimum absolute atomic E-state index is 0.121. The number of aliphatic hydroxyl groups excluding tert-OH is 1. The van der Waals surface area contributed by atoms with Crippen LogP contribution in [0, 0.1) is 0 Å². The second-order valence-electron chi connectivity index (χ2n) is 4.69. The molecule has 1 fully saturated rings. The van der Waals surface area contributed by atoms with Crippen molar-refractivity contribution in [3.8, 4) is 0 Å². The molecule has 1 unspecified atom stereocenters. The molecule has 1 aliphatic rings. The maximum absolute atomic E-state index is 12.5. The largest absolute Gasteiger partial charge is 0.395 e. The molecule has 0 amide bonds.